The summed E-state index contributed by atoms with van der Waals surface area (Å²) in [7, 11) is -2.15. The number of nitrogens with zero attached hydrogens (tertiary/aromatic N) is 1. The summed E-state index contributed by atoms with van der Waals surface area (Å²) in [5, 5.41) is 6.67. The van der Waals surface area contributed by atoms with Crippen molar-refractivity contribution in [3.63, 3.8) is 0 Å². The van der Waals surface area contributed by atoms with Gasteiger partial charge in [-0.3, -0.25) is 4.98 Å². The second kappa shape index (κ2) is 5.98. The van der Waals surface area contributed by atoms with Gasteiger partial charge in [0.25, 0.3) is 0 Å². The maximum atomic E-state index is 11.7. The van der Waals surface area contributed by atoms with E-state index < -0.39 is 10.0 Å². The maximum Gasteiger partial charge on any atom is 0.238 e. The van der Waals surface area contributed by atoms with Crippen LogP contribution in [-0.2, 0) is 16.4 Å². The van der Waals surface area contributed by atoms with Gasteiger partial charge < -0.3 is 4.74 Å². The highest BCUT2D eigenvalue weighted by atomic mass is 32.2. The summed E-state index contributed by atoms with van der Waals surface area (Å²) in [5.41, 5.74) is 1.87. The molecule has 1 aromatic heterocycles. The fraction of sp³-hybridized carbons (Fsp3) is 0.118. The summed E-state index contributed by atoms with van der Waals surface area (Å²) < 4.78 is 28.6. The van der Waals surface area contributed by atoms with Crippen LogP contribution in [0.15, 0.2) is 59.6 Å². The number of hydrogen-bond acceptors (Lipinski definition) is 4. The molecule has 0 aliphatic rings. The first kappa shape index (κ1) is 15.5. The molecule has 0 aliphatic carbocycles. The molecule has 6 heteroatoms. The molecule has 0 atom stereocenters. The molecule has 5 nitrogen and oxygen atoms in total. The van der Waals surface area contributed by atoms with Gasteiger partial charge in [0.1, 0.15) is 5.75 Å². The predicted octanol–water partition coefficient (Wildman–Crippen LogP) is 2.48. The van der Waals surface area contributed by atoms with Crippen molar-refractivity contribution in [3.05, 3.63) is 66.0 Å². The van der Waals surface area contributed by atoms with Gasteiger partial charge >= 0.3 is 0 Å². The minimum atomic E-state index is -3.77. The number of sulfonamides is 1. The number of primary sulfonamides is 1. The highest BCUT2D eigenvalue weighted by molar-refractivity contribution is 7.89. The lowest BCUT2D eigenvalue weighted by molar-refractivity contribution is 0.414. The molecular weight excluding hydrogens is 312 g/mol. The zero-order valence-corrected chi connectivity index (χ0v) is 13.4. The molecule has 0 radical (unpaired) electrons. The van der Waals surface area contributed by atoms with Crippen LogP contribution in [0.5, 0.6) is 5.75 Å². The van der Waals surface area contributed by atoms with Crippen LogP contribution in [0, 0.1) is 0 Å². The smallest absolute Gasteiger partial charge is 0.238 e. The Bertz CT molecular complexity index is 951. The monoisotopic (exact) mass is 328 g/mol. The summed E-state index contributed by atoms with van der Waals surface area (Å²) in [4.78, 5) is 4.52. The van der Waals surface area contributed by atoms with Crippen molar-refractivity contribution < 1.29 is 13.2 Å². The van der Waals surface area contributed by atoms with Crippen LogP contribution < -0.4 is 9.88 Å². The number of methoxy groups -OCH3 is 1. The molecule has 3 aromatic rings. The normalized spacial score (nSPS) is 11.6. The average molecular weight is 328 g/mol. The zero-order valence-electron chi connectivity index (χ0n) is 12.6. The van der Waals surface area contributed by atoms with Crippen molar-refractivity contribution >= 4 is 20.8 Å². The highest BCUT2D eigenvalue weighted by Gasteiger charge is 2.14. The minimum Gasteiger partial charge on any atom is -0.497 e. The Labute approximate surface area is 134 Å². The predicted molar refractivity (Wildman–Crippen MR) is 88.9 cm³/mol. The van der Waals surface area contributed by atoms with Crippen molar-refractivity contribution in [3.8, 4) is 5.75 Å². The van der Waals surface area contributed by atoms with Crippen LogP contribution >= 0.6 is 0 Å². The van der Waals surface area contributed by atoms with Gasteiger partial charge in [0.15, 0.2) is 0 Å². The van der Waals surface area contributed by atoms with E-state index >= 15 is 0 Å². The van der Waals surface area contributed by atoms with E-state index in [0.717, 1.165) is 22.4 Å². The summed E-state index contributed by atoms with van der Waals surface area (Å²) >= 11 is 0. The van der Waals surface area contributed by atoms with Crippen LogP contribution in [0.25, 0.3) is 10.8 Å². The lowest BCUT2D eigenvalue weighted by Crippen LogP contribution is -2.12. The van der Waals surface area contributed by atoms with E-state index in [4.69, 9.17) is 9.88 Å². The third-order valence-electron chi connectivity index (χ3n) is 3.69. The third kappa shape index (κ3) is 3.18. The standard InChI is InChI=1S/C17H16N2O3S/c1-22-13-7-5-12(6-8-13)11-16-14-3-2-4-17(23(18,20)21)15(14)9-10-19-16/h2-10H,11H2,1H3,(H2,18,20,21). The lowest BCUT2D eigenvalue weighted by atomic mass is 10.0. The van der Waals surface area contributed by atoms with Crippen LogP contribution in [-0.4, -0.2) is 20.5 Å². The van der Waals surface area contributed by atoms with Gasteiger partial charge in [0.05, 0.1) is 17.7 Å². The Kier molecular flexibility index (Phi) is 4.02. The second-order valence-electron chi connectivity index (χ2n) is 5.18. The van der Waals surface area contributed by atoms with E-state index in [1.165, 1.54) is 6.07 Å². The van der Waals surface area contributed by atoms with Crippen LogP contribution in [0.4, 0.5) is 0 Å². The Morgan fingerprint density at radius 2 is 1.78 bits per heavy atom. The number of aromatic nitrogens is 1. The summed E-state index contributed by atoms with van der Waals surface area (Å²) in [6.45, 7) is 0. The number of pyridine rings is 1. The second-order valence-corrected chi connectivity index (χ2v) is 6.71. The molecule has 118 valence electrons. The first-order chi connectivity index (χ1) is 11.0. The van der Waals surface area contributed by atoms with E-state index in [9.17, 15) is 8.42 Å². The molecule has 3 rings (SSSR count). The summed E-state index contributed by atoms with van der Waals surface area (Å²) in [6.07, 6.45) is 2.20. The number of hydrogen-bond donors (Lipinski definition) is 1. The van der Waals surface area contributed by atoms with E-state index in [-0.39, 0.29) is 4.90 Å². The molecule has 0 aliphatic heterocycles. The molecule has 2 aromatic carbocycles. The molecule has 0 saturated heterocycles. The number of benzene rings is 2. The average Bonchev–Trinajstić information content (AvgIpc) is 2.54. The third-order valence-corrected chi connectivity index (χ3v) is 4.65. The molecule has 0 unspecified atom stereocenters. The minimum absolute atomic E-state index is 0.119. The molecule has 0 amide bonds. The number of ether oxygens (including phenoxy) is 1. The zero-order chi connectivity index (χ0) is 16.4. The molecule has 0 fully saturated rings. The van der Waals surface area contributed by atoms with E-state index in [1.54, 1.807) is 25.4 Å². The van der Waals surface area contributed by atoms with Gasteiger partial charge in [-0.25, -0.2) is 13.6 Å². The summed E-state index contributed by atoms with van der Waals surface area (Å²) in [5.74, 6) is 0.788. The van der Waals surface area contributed by atoms with Crippen LogP contribution in [0.2, 0.25) is 0 Å². The van der Waals surface area contributed by atoms with Gasteiger partial charge in [0.2, 0.25) is 10.0 Å². The fourth-order valence-electron chi connectivity index (χ4n) is 2.56. The molecule has 1 heterocycles. The van der Waals surface area contributed by atoms with Crippen molar-refractivity contribution in [2.75, 3.05) is 7.11 Å². The van der Waals surface area contributed by atoms with Gasteiger partial charge in [-0.05, 0) is 29.8 Å². The van der Waals surface area contributed by atoms with Gasteiger partial charge in [0, 0.05) is 23.4 Å². The van der Waals surface area contributed by atoms with Gasteiger partial charge in [-0.2, -0.15) is 0 Å². The van der Waals surface area contributed by atoms with E-state index in [1.807, 2.05) is 30.3 Å². The Morgan fingerprint density at radius 1 is 1.04 bits per heavy atom. The topological polar surface area (TPSA) is 82.3 Å². The Balaban J connectivity index is 2.08. The van der Waals surface area contributed by atoms with Crippen LogP contribution in [0.3, 0.4) is 0 Å². The fourth-order valence-corrected chi connectivity index (χ4v) is 3.32. The number of nitrogens with two attached hydrogens (primary N) is 1. The molecule has 23 heavy (non-hydrogen) atoms. The van der Waals surface area contributed by atoms with Crippen molar-refractivity contribution in [1.82, 2.24) is 4.98 Å². The Morgan fingerprint density at radius 3 is 2.43 bits per heavy atom. The SMILES string of the molecule is COc1ccc(Cc2nccc3c(S(N)(=O)=O)cccc23)cc1. The quantitative estimate of drug-likeness (QED) is 0.797. The Hall–Kier alpha value is -2.44. The lowest BCUT2D eigenvalue weighted by Gasteiger charge is -2.09. The van der Waals surface area contributed by atoms with E-state index in [0.29, 0.717) is 11.8 Å². The molecule has 0 saturated carbocycles. The maximum absolute atomic E-state index is 11.7. The van der Waals surface area contributed by atoms with Gasteiger partial charge in [-0.1, -0.05) is 24.3 Å². The largest absolute Gasteiger partial charge is 0.497 e. The number of rotatable bonds is 4. The van der Waals surface area contributed by atoms with Crippen molar-refractivity contribution in [1.29, 1.82) is 0 Å². The summed E-state index contributed by atoms with van der Waals surface area (Å²) in [6, 6.07) is 14.4. The highest BCUT2D eigenvalue weighted by Crippen LogP contribution is 2.25. The van der Waals surface area contributed by atoms with Crippen molar-refractivity contribution in [2.24, 2.45) is 5.14 Å². The molecule has 2 N–H and O–H groups in total. The van der Waals surface area contributed by atoms with E-state index in [2.05, 4.69) is 4.98 Å². The first-order valence-corrected chi connectivity index (χ1v) is 8.56. The first-order valence-electron chi connectivity index (χ1n) is 7.01. The van der Waals surface area contributed by atoms with Gasteiger partial charge in [-0.15, -0.1) is 0 Å². The molecular formula is C17H16N2O3S. The number of fused-ring (bicyclic) bond motifs is 1. The molecule has 0 spiro atoms. The van der Waals surface area contributed by atoms with Crippen molar-refractivity contribution in [2.45, 2.75) is 11.3 Å². The molecule has 0 bridgehead atoms. The van der Waals surface area contributed by atoms with Crippen LogP contribution in [0.1, 0.15) is 11.3 Å².